The van der Waals surface area contributed by atoms with Gasteiger partial charge in [0.15, 0.2) is 9.84 Å². The molecule has 9 rings (SSSR count). The lowest BCUT2D eigenvalue weighted by atomic mass is 9.97. The minimum Gasteiger partial charge on any atom is -0.481 e. The number of hydrogen-bond acceptors (Lipinski definition) is 12. The lowest BCUT2D eigenvalue weighted by Gasteiger charge is -2.37. The molecule has 1 unspecified atom stereocenters. The van der Waals surface area contributed by atoms with Crippen LogP contribution in [0.4, 0.5) is 28.4 Å². The quantitative estimate of drug-likeness (QED) is 0.0361. The Labute approximate surface area is 443 Å². The molecule has 0 spiro atoms. The molecular formula is C55H63ClN7O8PS2. The van der Waals surface area contributed by atoms with Gasteiger partial charge in [0.05, 0.1) is 39.9 Å². The smallest absolute Gasteiger partial charge is 0.326 e. The van der Waals surface area contributed by atoms with E-state index in [1.807, 2.05) is 97.9 Å². The molecule has 15 nitrogen and oxygen atoms in total. The Bertz CT molecular complexity index is 3150. The highest BCUT2D eigenvalue weighted by molar-refractivity contribution is 7.99. The predicted octanol–water partition coefficient (Wildman–Crippen LogP) is 11.1. The number of thioether (sulfide) groups is 1. The molecule has 3 aliphatic heterocycles. The van der Waals surface area contributed by atoms with E-state index in [4.69, 9.17) is 16.1 Å². The summed E-state index contributed by atoms with van der Waals surface area (Å²) in [5.41, 5.74) is 6.74. The van der Waals surface area contributed by atoms with Gasteiger partial charge >= 0.3 is 13.5 Å². The maximum atomic E-state index is 14.9. The van der Waals surface area contributed by atoms with Crippen molar-refractivity contribution in [2.24, 2.45) is 5.92 Å². The minimum atomic E-state index is -3.74. The van der Waals surface area contributed by atoms with Gasteiger partial charge in [0.25, 0.3) is 5.69 Å². The van der Waals surface area contributed by atoms with E-state index in [9.17, 15) is 33.0 Å². The summed E-state index contributed by atoms with van der Waals surface area (Å²) in [7, 11) is -7.37. The van der Waals surface area contributed by atoms with Crippen LogP contribution in [-0.2, 0) is 23.7 Å². The molecule has 0 saturated carbocycles. The van der Waals surface area contributed by atoms with Gasteiger partial charge < -0.3 is 34.2 Å². The molecule has 3 aliphatic rings. The van der Waals surface area contributed by atoms with Crippen molar-refractivity contribution >= 4 is 80.4 Å². The second-order valence-corrected chi connectivity index (χ2v) is 25.3. The minimum absolute atomic E-state index is 0.00602. The number of halogens is 1. The topological polar surface area (TPSA) is 171 Å². The van der Waals surface area contributed by atoms with E-state index in [1.54, 1.807) is 28.6 Å². The number of nitrogens with zero attached hydrogens (tertiary/aromatic N) is 6. The molecule has 3 fully saturated rings. The van der Waals surface area contributed by atoms with Crippen LogP contribution in [0.25, 0.3) is 22.4 Å². The van der Waals surface area contributed by atoms with Crippen LogP contribution in [0.2, 0.25) is 5.02 Å². The van der Waals surface area contributed by atoms with Crippen molar-refractivity contribution in [1.29, 1.82) is 0 Å². The van der Waals surface area contributed by atoms with Crippen molar-refractivity contribution in [1.82, 2.24) is 9.47 Å². The molecule has 19 heteroatoms. The zero-order valence-electron chi connectivity index (χ0n) is 42.1. The fourth-order valence-corrected chi connectivity index (χ4v) is 15.2. The number of nitrogens with one attached hydrogen (secondary N) is 1. The van der Waals surface area contributed by atoms with Crippen LogP contribution in [0, 0.1) is 23.0 Å². The molecule has 0 aliphatic carbocycles. The second-order valence-electron chi connectivity index (χ2n) is 19.6. The molecule has 2 N–H and O–H groups in total. The molecule has 6 aromatic rings. The van der Waals surface area contributed by atoms with E-state index in [1.165, 1.54) is 12.3 Å². The second kappa shape index (κ2) is 22.6. The van der Waals surface area contributed by atoms with E-state index in [2.05, 4.69) is 50.6 Å². The summed E-state index contributed by atoms with van der Waals surface area (Å²) in [5, 5.41) is 26.5. The lowest BCUT2D eigenvalue weighted by Crippen LogP contribution is -2.46. The van der Waals surface area contributed by atoms with Gasteiger partial charge in [-0.2, -0.15) is 0 Å². The molecule has 1 aromatic heterocycles. The molecular weight excluding hydrogens is 1020 g/mol. The summed E-state index contributed by atoms with van der Waals surface area (Å²) in [6.07, 6.45) is 3.15. The van der Waals surface area contributed by atoms with Crippen molar-refractivity contribution in [3.63, 3.8) is 0 Å². The standard InChI is InChI=1S/C55H63ClN7O8PS2/c1-38(2)62-39(3)54(74(4,69)70)52(53(62)40-13-15-43(56)16-14-40)42-9-8-10-47(35-42)60-31-29-59(30-32-60)45-17-19-46(20-18-45)61-33-34-71-72(61,68)48-21-22-50(51(36-48)63(66)67)57-44(37-73-49-11-6-5-7-12-49)25-28-58-26-23-41(24-27-58)55(64)65/h5-22,35-36,38,41,44,57H,23-34,37H2,1-4H3,(H,64,65)/t44?,72-/m1/s1. The number of aliphatic carboxylic acids is 1. The van der Waals surface area contributed by atoms with Crippen molar-refractivity contribution < 1.29 is 32.3 Å². The number of piperazine rings is 1. The van der Waals surface area contributed by atoms with Crippen LogP contribution in [0.5, 0.6) is 0 Å². The normalized spacial score (nSPS) is 18.3. The zero-order valence-corrected chi connectivity index (χ0v) is 45.4. The van der Waals surface area contributed by atoms with Crippen molar-refractivity contribution in [3.8, 4) is 22.4 Å². The molecule has 0 radical (unpaired) electrons. The average Bonchev–Trinajstić information content (AvgIpc) is 3.96. The lowest BCUT2D eigenvalue weighted by molar-refractivity contribution is -0.383. The Morgan fingerprint density at radius 1 is 0.851 bits per heavy atom. The number of piperidine rings is 1. The predicted molar refractivity (Wildman–Crippen MR) is 299 cm³/mol. The van der Waals surface area contributed by atoms with Gasteiger partial charge in [0.2, 0.25) is 0 Å². The maximum absolute atomic E-state index is 14.9. The number of sulfone groups is 1. The first-order chi connectivity index (χ1) is 35.5. The van der Waals surface area contributed by atoms with Crippen LogP contribution in [-0.4, -0.2) is 111 Å². The van der Waals surface area contributed by atoms with Crippen LogP contribution in [0.3, 0.4) is 0 Å². The molecule has 2 atom stereocenters. The summed E-state index contributed by atoms with van der Waals surface area (Å²) in [5.74, 6) is -0.440. The van der Waals surface area contributed by atoms with Crippen molar-refractivity contribution in [2.45, 2.75) is 61.9 Å². The molecule has 390 valence electrons. The third-order valence-corrected chi connectivity index (χ3v) is 19.6. The maximum Gasteiger partial charge on any atom is 0.326 e. The summed E-state index contributed by atoms with van der Waals surface area (Å²) in [4.78, 5) is 32.1. The van der Waals surface area contributed by atoms with Gasteiger partial charge in [0.1, 0.15) is 5.69 Å². The van der Waals surface area contributed by atoms with Gasteiger partial charge in [-0.15, -0.1) is 11.8 Å². The Morgan fingerprint density at radius 3 is 2.15 bits per heavy atom. The average molecular weight is 1080 g/mol. The number of carboxylic acid groups (broad SMARTS) is 1. The highest BCUT2D eigenvalue weighted by Crippen LogP contribution is 2.56. The molecule has 3 saturated heterocycles. The monoisotopic (exact) mass is 1080 g/mol. The first kappa shape index (κ1) is 53.0. The Balaban J connectivity index is 0.887. The fraction of sp³-hybridized carbons (Fsp3) is 0.364. The van der Waals surface area contributed by atoms with Crippen LogP contribution in [0.15, 0.2) is 131 Å². The van der Waals surface area contributed by atoms with Crippen molar-refractivity contribution in [2.75, 3.05) is 90.8 Å². The zero-order chi connectivity index (χ0) is 52.3. The molecule has 4 heterocycles. The van der Waals surface area contributed by atoms with Gasteiger partial charge in [-0.3, -0.25) is 24.1 Å². The number of carbonyl (C=O) groups is 1. The first-order valence-corrected chi connectivity index (χ1v) is 29.9. The molecule has 74 heavy (non-hydrogen) atoms. The highest BCUT2D eigenvalue weighted by Gasteiger charge is 2.41. The van der Waals surface area contributed by atoms with Gasteiger partial charge in [0, 0.05) is 101 Å². The van der Waals surface area contributed by atoms with Crippen LogP contribution in [0.1, 0.15) is 44.8 Å². The number of likely N-dealkylation sites (tertiary alicyclic amines) is 1. The molecule has 0 bridgehead atoms. The molecule has 5 aromatic carbocycles. The highest BCUT2D eigenvalue weighted by atomic mass is 35.5. The summed E-state index contributed by atoms with van der Waals surface area (Å²) in [6, 6.07) is 38.1. The largest absolute Gasteiger partial charge is 0.481 e. The van der Waals surface area contributed by atoms with Crippen LogP contribution < -0.4 is 25.1 Å². The van der Waals surface area contributed by atoms with Crippen molar-refractivity contribution in [3.05, 3.63) is 142 Å². The van der Waals surface area contributed by atoms with Crippen LogP contribution >= 0.6 is 30.9 Å². The number of benzene rings is 5. The third-order valence-electron chi connectivity index (χ3n) is 14.4. The number of nitro benzene ring substituents is 1. The van der Waals surface area contributed by atoms with Gasteiger partial charge in [-0.25, -0.2) is 8.42 Å². The number of nitro groups is 1. The Hall–Kier alpha value is -5.81. The summed E-state index contributed by atoms with van der Waals surface area (Å²) in [6.45, 7) is 11.5. The van der Waals surface area contributed by atoms with Gasteiger partial charge in [-0.05, 0) is 137 Å². The van der Waals surface area contributed by atoms with Gasteiger partial charge in [-0.1, -0.05) is 54.1 Å². The summed E-state index contributed by atoms with van der Waals surface area (Å²) >= 11 is 7.97. The fourth-order valence-electron chi connectivity index (χ4n) is 10.6. The number of carboxylic acids is 1. The van der Waals surface area contributed by atoms with E-state index in [0.717, 1.165) is 59.3 Å². The third kappa shape index (κ3) is 11.5. The number of rotatable bonds is 18. The first-order valence-electron chi connectivity index (χ1n) is 25.1. The number of anilines is 4. The van der Waals surface area contributed by atoms with E-state index in [0.29, 0.717) is 83.7 Å². The summed E-state index contributed by atoms with van der Waals surface area (Å²) < 4.78 is 51.9. The Morgan fingerprint density at radius 2 is 1.51 bits per heavy atom. The number of aromatic nitrogens is 1. The Kier molecular flexibility index (Phi) is 16.2. The SMILES string of the molecule is Cc1c(S(C)(=O)=O)c(-c2cccc(N3CCN(c4ccc(N5CCO[P@]5(=O)c5ccc(NC(CCN6CCC(C(=O)O)CC6)CSc6ccccc6)c([N+](=O)[O-])c5)cc4)CC3)c2)c(-c2ccc(Cl)cc2)n1C(C)C. The van der Waals surface area contributed by atoms with E-state index < -0.39 is 28.2 Å². The van der Waals surface area contributed by atoms with E-state index >= 15 is 0 Å². The molecule has 0 amide bonds. The van der Waals surface area contributed by atoms with E-state index in [-0.39, 0.29) is 35.6 Å². The number of hydrogen-bond donors (Lipinski definition) is 2.